The van der Waals surface area contributed by atoms with Gasteiger partial charge < -0.3 is 9.47 Å². The molecule has 0 aliphatic rings. The molecule has 0 atom stereocenters. The molecule has 0 saturated heterocycles. The van der Waals surface area contributed by atoms with Gasteiger partial charge in [0.1, 0.15) is 0 Å². The summed E-state index contributed by atoms with van der Waals surface area (Å²) in [6, 6.07) is 0. The SMILES string of the molecule is CCCCC(CCl)(OCC)OCC. The van der Waals surface area contributed by atoms with Crippen LogP contribution in [0.3, 0.4) is 0 Å². The molecule has 0 aromatic carbocycles. The zero-order valence-corrected chi connectivity index (χ0v) is 9.69. The topological polar surface area (TPSA) is 18.5 Å². The molecule has 80 valence electrons. The van der Waals surface area contributed by atoms with Crippen molar-refractivity contribution >= 4 is 11.6 Å². The zero-order chi connectivity index (χ0) is 10.2. The van der Waals surface area contributed by atoms with Crippen molar-refractivity contribution in [1.29, 1.82) is 0 Å². The lowest BCUT2D eigenvalue weighted by Gasteiger charge is -2.31. The van der Waals surface area contributed by atoms with Crippen LogP contribution in [0.5, 0.6) is 0 Å². The third kappa shape index (κ3) is 4.84. The van der Waals surface area contributed by atoms with Gasteiger partial charge in [0.15, 0.2) is 5.79 Å². The Balaban J connectivity index is 4.07. The molecule has 0 aliphatic heterocycles. The minimum atomic E-state index is -0.541. The van der Waals surface area contributed by atoms with E-state index in [1.54, 1.807) is 0 Å². The molecule has 0 unspecified atom stereocenters. The van der Waals surface area contributed by atoms with Crippen molar-refractivity contribution in [3.05, 3.63) is 0 Å². The van der Waals surface area contributed by atoms with Crippen molar-refractivity contribution < 1.29 is 9.47 Å². The predicted molar refractivity (Wildman–Crippen MR) is 56.2 cm³/mol. The molecule has 0 heterocycles. The number of hydrogen-bond acceptors (Lipinski definition) is 2. The molecule has 2 nitrogen and oxygen atoms in total. The molecule has 0 radical (unpaired) electrons. The van der Waals surface area contributed by atoms with E-state index in [4.69, 9.17) is 21.1 Å². The average molecular weight is 209 g/mol. The average Bonchev–Trinajstić information content (AvgIpc) is 2.15. The lowest BCUT2D eigenvalue weighted by atomic mass is 10.1. The Kier molecular flexibility index (Phi) is 7.72. The van der Waals surface area contributed by atoms with E-state index >= 15 is 0 Å². The van der Waals surface area contributed by atoms with Crippen LogP contribution < -0.4 is 0 Å². The molecular formula is C10H21ClO2. The van der Waals surface area contributed by atoms with Crippen LogP contribution in [0.1, 0.15) is 40.0 Å². The molecule has 0 saturated carbocycles. The molecule has 0 spiro atoms. The van der Waals surface area contributed by atoms with Crippen molar-refractivity contribution in [2.45, 2.75) is 45.8 Å². The lowest BCUT2D eigenvalue weighted by Crippen LogP contribution is -2.38. The standard InChI is InChI=1S/C10H21ClO2/c1-4-7-8-10(9-11,12-5-2)13-6-3/h4-9H2,1-3H3. The Labute approximate surface area is 86.6 Å². The normalized spacial score (nSPS) is 12.0. The van der Waals surface area contributed by atoms with E-state index in [0.29, 0.717) is 19.1 Å². The minimum Gasteiger partial charge on any atom is -0.349 e. The molecule has 0 amide bonds. The Morgan fingerprint density at radius 1 is 1.08 bits per heavy atom. The van der Waals surface area contributed by atoms with Gasteiger partial charge in [0.25, 0.3) is 0 Å². The molecule has 0 aromatic rings. The van der Waals surface area contributed by atoms with Crippen molar-refractivity contribution in [2.75, 3.05) is 19.1 Å². The van der Waals surface area contributed by atoms with Crippen LogP contribution in [0.4, 0.5) is 0 Å². The van der Waals surface area contributed by atoms with Crippen LogP contribution in [0.15, 0.2) is 0 Å². The highest BCUT2D eigenvalue weighted by molar-refractivity contribution is 6.18. The smallest absolute Gasteiger partial charge is 0.181 e. The molecule has 0 rings (SSSR count). The summed E-state index contributed by atoms with van der Waals surface area (Å²) in [5, 5.41) is 0. The molecular weight excluding hydrogens is 188 g/mol. The van der Waals surface area contributed by atoms with E-state index in [2.05, 4.69) is 6.92 Å². The Morgan fingerprint density at radius 3 is 1.92 bits per heavy atom. The van der Waals surface area contributed by atoms with Gasteiger partial charge in [-0.1, -0.05) is 13.3 Å². The highest BCUT2D eigenvalue weighted by Crippen LogP contribution is 2.22. The van der Waals surface area contributed by atoms with Gasteiger partial charge in [-0.2, -0.15) is 0 Å². The van der Waals surface area contributed by atoms with Crippen molar-refractivity contribution in [2.24, 2.45) is 0 Å². The van der Waals surface area contributed by atoms with E-state index in [0.717, 1.165) is 19.3 Å². The molecule has 13 heavy (non-hydrogen) atoms. The maximum Gasteiger partial charge on any atom is 0.181 e. The fourth-order valence-corrected chi connectivity index (χ4v) is 1.59. The maximum atomic E-state index is 5.87. The maximum absolute atomic E-state index is 5.87. The van der Waals surface area contributed by atoms with Crippen LogP contribution in [-0.4, -0.2) is 24.9 Å². The van der Waals surface area contributed by atoms with Gasteiger partial charge in [0, 0.05) is 19.6 Å². The quantitative estimate of drug-likeness (QED) is 0.451. The molecule has 0 bridgehead atoms. The monoisotopic (exact) mass is 208 g/mol. The second-order valence-corrected chi connectivity index (χ2v) is 3.28. The number of hydrogen-bond donors (Lipinski definition) is 0. The lowest BCUT2D eigenvalue weighted by molar-refractivity contribution is -0.222. The summed E-state index contributed by atoms with van der Waals surface area (Å²) in [6.45, 7) is 7.38. The van der Waals surface area contributed by atoms with Gasteiger partial charge in [0.05, 0.1) is 5.88 Å². The highest BCUT2D eigenvalue weighted by atomic mass is 35.5. The molecule has 0 aromatic heterocycles. The second-order valence-electron chi connectivity index (χ2n) is 3.01. The summed E-state index contributed by atoms with van der Waals surface area (Å²) in [7, 11) is 0. The van der Waals surface area contributed by atoms with Gasteiger partial charge in [-0.05, 0) is 20.3 Å². The van der Waals surface area contributed by atoms with Crippen LogP contribution in [0, 0.1) is 0 Å². The van der Waals surface area contributed by atoms with Crippen molar-refractivity contribution in [3.8, 4) is 0 Å². The largest absolute Gasteiger partial charge is 0.349 e. The van der Waals surface area contributed by atoms with Crippen LogP contribution in [-0.2, 0) is 9.47 Å². The molecule has 0 aliphatic carbocycles. The van der Waals surface area contributed by atoms with Crippen LogP contribution >= 0.6 is 11.6 Å². The second kappa shape index (κ2) is 7.60. The number of unbranched alkanes of at least 4 members (excludes halogenated alkanes) is 1. The Bertz CT molecular complexity index is 111. The third-order valence-corrected chi connectivity index (χ3v) is 2.34. The van der Waals surface area contributed by atoms with E-state index in [9.17, 15) is 0 Å². The van der Waals surface area contributed by atoms with E-state index in [1.165, 1.54) is 0 Å². The summed E-state index contributed by atoms with van der Waals surface area (Å²) in [5.41, 5.74) is 0. The first-order valence-electron chi connectivity index (χ1n) is 5.08. The van der Waals surface area contributed by atoms with Gasteiger partial charge in [-0.15, -0.1) is 11.6 Å². The van der Waals surface area contributed by atoms with Crippen molar-refractivity contribution in [1.82, 2.24) is 0 Å². The predicted octanol–water partition coefficient (Wildman–Crippen LogP) is 3.18. The first-order valence-corrected chi connectivity index (χ1v) is 5.62. The summed E-state index contributed by atoms with van der Waals surface area (Å²) in [5.74, 6) is -0.129. The van der Waals surface area contributed by atoms with Gasteiger partial charge >= 0.3 is 0 Å². The number of halogens is 1. The Hall–Kier alpha value is 0.210. The van der Waals surface area contributed by atoms with Gasteiger partial charge in [-0.3, -0.25) is 0 Å². The number of alkyl halides is 1. The summed E-state index contributed by atoms with van der Waals surface area (Å²) < 4.78 is 11.1. The fourth-order valence-electron chi connectivity index (χ4n) is 1.30. The van der Waals surface area contributed by atoms with Crippen molar-refractivity contribution in [3.63, 3.8) is 0 Å². The van der Waals surface area contributed by atoms with E-state index in [1.807, 2.05) is 13.8 Å². The van der Waals surface area contributed by atoms with Gasteiger partial charge in [0.2, 0.25) is 0 Å². The molecule has 0 N–H and O–H groups in total. The van der Waals surface area contributed by atoms with Gasteiger partial charge in [-0.25, -0.2) is 0 Å². The zero-order valence-electron chi connectivity index (χ0n) is 8.94. The Morgan fingerprint density at radius 2 is 1.62 bits per heavy atom. The molecule has 0 fully saturated rings. The minimum absolute atomic E-state index is 0.411. The molecule has 3 heteroatoms. The van der Waals surface area contributed by atoms with Crippen LogP contribution in [0.2, 0.25) is 0 Å². The first kappa shape index (κ1) is 13.2. The summed E-state index contributed by atoms with van der Waals surface area (Å²) in [4.78, 5) is 0. The highest BCUT2D eigenvalue weighted by Gasteiger charge is 2.29. The van der Waals surface area contributed by atoms with Crippen LogP contribution in [0.25, 0.3) is 0 Å². The fraction of sp³-hybridized carbons (Fsp3) is 1.00. The summed E-state index contributed by atoms with van der Waals surface area (Å²) in [6.07, 6.45) is 3.11. The number of ether oxygens (including phenoxy) is 2. The number of rotatable bonds is 8. The van der Waals surface area contributed by atoms with E-state index in [-0.39, 0.29) is 0 Å². The third-order valence-electron chi connectivity index (χ3n) is 1.93. The summed E-state index contributed by atoms with van der Waals surface area (Å²) >= 11 is 5.87. The first-order chi connectivity index (χ1) is 6.24. The van der Waals surface area contributed by atoms with E-state index < -0.39 is 5.79 Å².